The van der Waals surface area contributed by atoms with Crippen LogP contribution in [0.1, 0.15) is 32.1 Å². The molecule has 130 valence electrons. The van der Waals surface area contributed by atoms with Gasteiger partial charge in [0.25, 0.3) is 0 Å². The van der Waals surface area contributed by atoms with Crippen LogP contribution < -0.4 is 16.4 Å². The molecule has 0 unspecified atom stereocenters. The number of nitrogens with two attached hydrogens (primary N) is 1. The summed E-state index contributed by atoms with van der Waals surface area (Å²) in [6.45, 7) is 3.40. The van der Waals surface area contributed by atoms with E-state index in [4.69, 9.17) is 11.1 Å². The summed E-state index contributed by atoms with van der Waals surface area (Å²) in [6, 6.07) is 0. The molecule has 1 spiro atoms. The van der Waals surface area contributed by atoms with Crippen LogP contribution in [0.4, 0.5) is 0 Å². The summed E-state index contributed by atoms with van der Waals surface area (Å²) in [7, 11) is 4.00. The predicted octanol–water partition coefficient (Wildman–Crippen LogP) is 0.696. The van der Waals surface area contributed by atoms with Gasteiger partial charge in [0.05, 0.1) is 0 Å². The molecule has 5 N–H and O–H groups in total. The second kappa shape index (κ2) is 7.93. The summed E-state index contributed by atoms with van der Waals surface area (Å²) >= 11 is 0. The molecule has 0 aromatic heterocycles. The summed E-state index contributed by atoms with van der Waals surface area (Å²) in [5, 5.41) is 14.6. The number of nitrogens with one attached hydrogen (secondary N) is 3. The number of nitrogens with zero attached hydrogens (tertiary/aromatic N) is 1. The monoisotopic (exact) mass is 321 g/mol. The molecule has 1 saturated heterocycles. The van der Waals surface area contributed by atoms with E-state index in [9.17, 15) is 4.79 Å². The third kappa shape index (κ3) is 4.54. The van der Waals surface area contributed by atoms with Crippen LogP contribution in [-0.4, -0.2) is 56.8 Å². The van der Waals surface area contributed by atoms with Crippen molar-refractivity contribution < 1.29 is 4.79 Å². The van der Waals surface area contributed by atoms with Crippen LogP contribution in [0.2, 0.25) is 0 Å². The van der Waals surface area contributed by atoms with Gasteiger partial charge in [0, 0.05) is 56.0 Å². The standard InChI is InChI=1S/C17H31N5O/c1-20-7-8-22(2)11-14(10-18)16(19)13-3-5-17(6-4-13)9-15(23)21-12-17/h10,13,19-20H,3-9,11-12,18H2,1-2H3,(H,21,23)/b14-10-,19-16?. The fourth-order valence-corrected chi connectivity index (χ4v) is 3.79. The molecule has 1 aliphatic carbocycles. The zero-order valence-corrected chi connectivity index (χ0v) is 14.5. The van der Waals surface area contributed by atoms with Crippen LogP contribution in [0.5, 0.6) is 0 Å². The van der Waals surface area contributed by atoms with Crippen molar-refractivity contribution >= 4 is 11.6 Å². The van der Waals surface area contributed by atoms with Crippen molar-refractivity contribution in [2.24, 2.45) is 17.1 Å². The summed E-state index contributed by atoms with van der Waals surface area (Å²) in [4.78, 5) is 13.7. The molecule has 1 saturated carbocycles. The Morgan fingerprint density at radius 3 is 2.74 bits per heavy atom. The Morgan fingerprint density at radius 2 is 2.22 bits per heavy atom. The fraction of sp³-hybridized carbons (Fsp3) is 0.765. The van der Waals surface area contributed by atoms with Crippen LogP contribution >= 0.6 is 0 Å². The van der Waals surface area contributed by atoms with E-state index in [0.29, 0.717) is 12.1 Å². The Hall–Kier alpha value is -1.40. The first kappa shape index (κ1) is 17.9. The maximum atomic E-state index is 11.5. The third-order valence-corrected chi connectivity index (χ3v) is 5.38. The minimum absolute atomic E-state index is 0.157. The molecular formula is C17H31N5O. The first-order valence-corrected chi connectivity index (χ1v) is 8.59. The normalized spacial score (nSPS) is 28.4. The topological polar surface area (TPSA) is 94.2 Å². The van der Waals surface area contributed by atoms with Gasteiger partial charge in [-0.3, -0.25) is 4.79 Å². The number of amides is 1. The van der Waals surface area contributed by atoms with Crippen LogP contribution in [0.15, 0.2) is 11.8 Å². The van der Waals surface area contributed by atoms with E-state index in [2.05, 4.69) is 22.6 Å². The van der Waals surface area contributed by atoms with E-state index < -0.39 is 0 Å². The van der Waals surface area contributed by atoms with E-state index in [1.807, 2.05) is 7.05 Å². The first-order valence-electron chi connectivity index (χ1n) is 8.59. The number of hydrogen-bond acceptors (Lipinski definition) is 5. The van der Waals surface area contributed by atoms with Gasteiger partial charge in [-0.1, -0.05) is 0 Å². The van der Waals surface area contributed by atoms with Gasteiger partial charge in [0.15, 0.2) is 0 Å². The largest absolute Gasteiger partial charge is 0.404 e. The average molecular weight is 321 g/mol. The first-order chi connectivity index (χ1) is 11.0. The molecule has 1 heterocycles. The van der Waals surface area contributed by atoms with E-state index in [0.717, 1.165) is 57.4 Å². The van der Waals surface area contributed by atoms with Crippen molar-refractivity contribution in [3.63, 3.8) is 0 Å². The molecule has 0 bridgehead atoms. The summed E-state index contributed by atoms with van der Waals surface area (Å²) in [6.07, 6.45) is 6.32. The molecule has 0 aromatic carbocycles. The van der Waals surface area contributed by atoms with E-state index in [-0.39, 0.29) is 17.2 Å². The SMILES string of the molecule is CNCCN(C)C/C(=C/N)C(=N)C1CCC2(CC1)CNC(=O)C2. The minimum Gasteiger partial charge on any atom is -0.404 e. The summed E-state index contributed by atoms with van der Waals surface area (Å²) in [5.74, 6) is 0.469. The lowest BCUT2D eigenvalue weighted by Crippen LogP contribution is -2.35. The molecule has 6 nitrogen and oxygen atoms in total. The Labute approximate surface area is 139 Å². The lowest BCUT2D eigenvalue weighted by Gasteiger charge is -2.36. The van der Waals surface area contributed by atoms with Crippen molar-refractivity contribution in [2.45, 2.75) is 32.1 Å². The van der Waals surface area contributed by atoms with Crippen molar-refractivity contribution in [1.29, 1.82) is 5.41 Å². The highest BCUT2D eigenvalue weighted by atomic mass is 16.1. The van der Waals surface area contributed by atoms with E-state index >= 15 is 0 Å². The summed E-state index contributed by atoms with van der Waals surface area (Å²) in [5.41, 5.74) is 7.57. The van der Waals surface area contributed by atoms with E-state index in [1.165, 1.54) is 0 Å². The lowest BCUT2D eigenvalue weighted by molar-refractivity contribution is -0.119. The molecule has 23 heavy (non-hydrogen) atoms. The van der Waals surface area contributed by atoms with Crippen LogP contribution in [0.3, 0.4) is 0 Å². The van der Waals surface area contributed by atoms with Crippen LogP contribution in [0, 0.1) is 16.7 Å². The number of hydrogen-bond donors (Lipinski definition) is 4. The molecule has 0 atom stereocenters. The highest BCUT2D eigenvalue weighted by Gasteiger charge is 2.42. The Kier molecular flexibility index (Phi) is 6.18. The maximum Gasteiger partial charge on any atom is 0.220 e. The number of carbonyl (C=O) groups is 1. The molecule has 0 aromatic rings. The van der Waals surface area contributed by atoms with Crippen molar-refractivity contribution in [1.82, 2.24) is 15.5 Å². The molecule has 1 amide bonds. The molecular weight excluding hydrogens is 290 g/mol. The van der Waals surface area contributed by atoms with Gasteiger partial charge in [-0.2, -0.15) is 0 Å². The van der Waals surface area contributed by atoms with Gasteiger partial charge >= 0.3 is 0 Å². The van der Waals surface area contributed by atoms with Crippen LogP contribution in [-0.2, 0) is 4.79 Å². The van der Waals surface area contributed by atoms with Gasteiger partial charge in [-0.15, -0.1) is 0 Å². The number of likely N-dealkylation sites (N-methyl/N-ethyl adjacent to an activating group) is 2. The average Bonchev–Trinajstić information content (AvgIpc) is 2.91. The Bertz CT molecular complexity index is 466. The Morgan fingerprint density at radius 1 is 1.52 bits per heavy atom. The highest BCUT2D eigenvalue weighted by molar-refractivity contribution is 5.99. The van der Waals surface area contributed by atoms with Crippen molar-refractivity contribution in [2.75, 3.05) is 40.3 Å². The molecule has 1 aliphatic heterocycles. The lowest BCUT2D eigenvalue weighted by atomic mass is 9.68. The smallest absolute Gasteiger partial charge is 0.220 e. The van der Waals surface area contributed by atoms with Gasteiger partial charge in [0.2, 0.25) is 5.91 Å². The number of carbonyl (C=O) groups excluding carboxylic acids is 1. The molecule has 0 radical (unpaired) electrons. The zero-order chi connectivity index (χ0) is 16.9. The molecule has 2 aliphatic rings. The maximum absolute atomic E-state index is 11.5. The van der Waals surface area contributed by atoms with Gasteiger partial charge in [-0.25, -0.2) is 0 Å². The second-order valence-electron chi connectivity index (χ2n) is 7.17. The quantitative estimate of drug-likeness (QED) is 0.519. The molecule has 2 fully saturated rings. The minimum atomic E-state index is 0.157. The predicted molar refractivity (Wildman–Crippen MR) is 93.4 cm³/mol. The van der Waals surface area contributed by atoms with E-state index in [1.54, 1.807) is 6.20 Å². The zero-order valence-electron chi connectivity index (χ0n) is 14.5. The number of rotatable bonds is 7. The highest BCUT2D eigenvalue weighted by Crippen LogP contribution is 2.44. The van der Waals surface area contributed by atoms with Crippen molar-refractivity contribution in [3.8, 4) is 0 Å². The fourth-order valence-electron chi connectivity index (χ4n) is 3.79. The van der Waals surface area contributed by atoms with Crippen molar-refractivity contribution in [3.05, 3.63) is 11.8 Å². The molecule has 2 rings (SSSR count). The molecule has 6 heteroatoms. The van der Waals surface area contributed by atoms with Gasteiger partial charge in [-0.05, 0) is 45.2 Å². The van der Waals surface area contributed by atoms with Crippen LogP contribution in [0.25, 0.3) is 0 Å². The van der Waals surface area contributed by atoms with Gasteiger partial charge < -0.3 is 26.7 Å². The summed E-state index contributed by atoms with van der Waals surface area (Å²) < 4.78 is 0. The Balaban J connectivity index is 1.86. The third-order valence-electron chi connectivity index (χ3n) is 5.38. The second-order valence-corrected chi connectivity index (χ2v) is 7.17. The van der Waals surface area contributed by atoms with Gasteiger partial charge in [0.1, 0.15) is 0 Å².